The zero-order chi connectivity index (χ0) is 36.1. The number of rotatable bonds is 35. The van der Waals surface area contributed by atoms with E-state index in [9.17, 15) is 19.2 Å². The topological polar surface area (TPSA) is 133 Å². The summed E-state index contributed by atoms with van der Waals surface area (Å²) in [5.41, 5.74) is -0.00135. The molecule has 0 amide bonds. The Balaban J connectivity index is 2.17. The van der Waals surface area contributed by atoms with Crippen LogP contribution in [0.4, 0.5) is 5.69 Å². The van der Waals surface area contributed by atoms with Crippen molar-refractivity contribution in [3.05, 3.63) is 28.3 Å². The number of nitro benzene ring substituents is 1. The van der Waals surface area contributed by atoms with Gasteiger partial charge >= 0.3 is 15.2 Å². The van der Waals surface area contributed by atoms with Crippen LogP contribution in [0.2, 0.25) is 0 Å². The molecule has 286 valence electrons. The second kappa shape index (κ2) is 29.1. The molecule has 0 atom stereocenters. The van der Waals surface area contributed by atoms with Crippen molar-refractivity contribution < 1.29 is 41.6 Å². The SMILES string of the molecule is CCOP(=O)(CCCCCCCCCCCOc1ccc([N+](=O)[O-])cc1OCCCCCCCCCCCP(=O)(OCC)OCC)OCC. The van der Waals surface area contributed by atoms with E-state index in [1.165, 1.54) is 37.8 Å². The van der Waals surface area contributed by atoms with Crippen molar-refractivity contribution in [2.75, 3.05) is 52.0 Å². The van der Waals surface area contributed by atoms with Crippen LogP contribution in [-0.4, -0.2) is 56.9 Å². The third kappa shape index (κ3) is 22.9. The number of nitrogens with zero attached hydrogens (tertiary/aromatic N) is 1. The molecule has 0 N–H and O–H groups in total. The Labute approximate surface area is 297 Å². The standard InChI is InChI=1S/C36H67NO10P2/c1-5-44-48(40,45-6-2)31-25-21-17-13-9-11-15-19-23-29-42-35-28-27-34(37(38)39)33-36(35)43-30-24-20-16-12-10-14-18-22-26-32-49(41,46-7-3)47-8-4/h27-28,33H,5-26,29-32H2,1-4H3. The first-order chi connectivity index (χ1) is 23.7. The molecule has 1 rings (SSSR count). The van der Waals surface area contributed by atoms with Crippen LogP contribution >= 0.6 is 15.2 Å². The maximum atomic E-state index is 12.5. The molecule has 0 spiro atoms. The molecule has 0 aliphatic carbocycles. The quantitative estimate of drug-likeness (QED) is 0.0287. The van der Waals surface area contributed by atoms with Gasteiger partial charge in [-0.2, -0.15) is 0 Å². The molecule has 1 aromatic carbocycles. The maximum Gasteiger partial charge on any atom is 0.330 e. The Morgan fingerprint density at radius 1 is 0.510 bits per heavy atom. The highest BCUT2D eigenvalue weighted by Gasteiger charge is 2.23. The molecule has 0 bridgehead atoms. The van der Waals surface area contributed by atoms with Crippen molar-refractivity contribution in [2.45, 2.75) is 143 Å². The van der Waals surface area contributed by atoms with Crippen LogP contribution in [0.15, 0.2) is 18.2 Å². The largest absolute Gasteiger partial charge is 0.490 e. The van der Waals surface area contributed by atoms with E-state index >= 15 is 0 Å². The molecular formula is C36H67NO10P2. The first-order valence-corrected chi connectivity index (χ1v) is 22.5. The van der Waals surface area contributed by atoms with E-state index in [0.29, 0.717) is 63.5 Å². The number of benzene rings is 1. The second-order valence-corrected chi connectivity index (χ2v) is 16.7. The third-order valence-corrected chi connectivity index (χ3v) is 12.4. The number of hydrogen-bond acceptors (Lipinski definition) is 10. The Hall–Kier alpha value is -1.48. The monoisotopic (exact) mass is 735 g/mol. The summed E-state index contributed by atoms with van der Waals surface area (Å²) in [5, 5.41) is 11.3. The zero-order valence-electron chi connectivity index (χ0n) is 31.0. The van der Waals surface area contributed by atoms with E-state index in [2.05, 4.69) is 0 Å². The van der Waals surface area contributed by atoms with Gasteiger partial charge in [-0.15, -0.1) is 0 Å². The van der Waals surface area contributed by atoms with E-state index in [0.717, 1.165) is 89.9 Å². The van der Waals surface area contributed by atoms with Gasteiger partial charge in [-0.05, 0) is 59.4 Å². The lowest BCUT2D eigenvalue weighted by molar-refractivity contribution is -0.385. The predicted octanol–water partition coefficient (Wildman–Crippen LogP) is 11.9. The average Bonchev–Trinajstić information content (AvgIpc) is 3.06. The smallest absolute Gasteiger partial charge is 0.330 e. The van der Waals surface area contributed by atoms with Crippen LogP contribution in [0.5, 0.6) is 11.5 Å². The van der Waals surface area contributed by atoms with E-state index in [1.54, 1.807) is 6.07 Å². The molecule has 0 radical (unpaired) electrons. The lowest BCUT2D eigenvalue weighted by Gasteiger charge is -2.16. The molecule has 0 aromatic heterocycles. The van der Waals surface area contributed by atoms with Gasteiger partial charge in [-0.25, -0.2) is 0 Å². The minimum absolute atomic E-state index is 0.00135. The molecule has 0 fully saturated rings. The summed E-state index contributed by atoms with van der Waals surface area (Å²) in [7, 11) is -5.83. The molecule has 0 aliphatic heterocycles. The summed E-state index contributed by atoms with van der Waals surface area (Å²) < 4.78 is 58.3. The molecule has 13 heteroatoms. The fraction of sp³-hybridized carbons (Fsp3) is 0.833. The predicted molar refractivity (Wildman–Crippen MR) is 199 cm³/mol. The highest BCUT2D eigenvalue weighted by atomic mass is 31.2. The molecule has 0 aliphatic rings. The van der Waals surface area contributed by atoms with Gasteiger partial charge in [0, 0.05) is 6.07 Å². The fourth-order valence-electron chi connectivity index (χ4n) is 5.62. The van der Waals surface area contributed by atoms with Crippen LogP contribution in [0.3, 0.4) is 0 Å². The minimum atomic E-state index is -2.92. The van der Waals surface area contributed by atoms with Gasteiger partial charge in [-0.3, -0.25) is 19.2 Å². The van der Waals surface area contributed by atoms with E-state index in [-0.39, 0.29) is 5.69 Å². The van der Waals surface area contributed by atoms with Gasteiger partial charge in [0.15, 0.2) is 11.5 Å². The van der Waals surface area contributed by atoms with E-state index in [4.69, 9.17) is 27.6 Å². The van der Waals surface area contributed by atoms with Crippen LogP contribution in [-0.2, 0) is 27.2 Å². The summed E-state index contributed by atoms with van der Waals surface area (Å²) in [5.74, 6) is 0.994. The molecule has 49 heavy (non-hydrogen) atoms. The molecule has 0 heterocycles. The van der Waals surface area contributed by atoms with Gasteiger partial charge in [0.05, 0.1) is 63.0 Å². The van der Waals surface area contributed by atoms with Gasteiger partial charge < -0.3 is 27.6 Å². The highest BCUT2D eigenvalue weighted by molar-refractivity contribution is 7.54. The first-order valence-electron chi connectivity index (χ1n) is 19.0. The Morgan fingerprint density at radius 3 is 1.18 bits per heavy atom. The summed E-state index contributed by atoms with van der Waals surface area (Å²) in [6, 6.07) is 4.57. The fourth-order valence-corrected chi connectivity index (χ4v) is 9.08. The molecule has 0 unspecified atom stereocenters. The molecule has 11 nitrogen and oxygen atoms in total. The van der Waals surface area contributed by atoms with Crippen molar-refractivity contribution in [1.29, 1.82) is 0 Å². The van der Waals surface area contributed by atoms with Gasteiger partial charge in [0.25, 0.3) is 5.69 Å². The van der Waals surface area contributed by atoms with Crippen molar-refractivity contribution >= 4 is 20.9 Å². The second-order valence-electron chi connectivity index (χ2n) is 12.3. The number of non-ortho nitro benzene ring substituents is 1. The number of nitro groups is 1. The van der Waals surface area contributed by atoms with Crippen molar-refractivity contribution in [3.63, 3.8) is 0 Å². The van der Waals surface area contributed by atoms with E-state index < -0.39 is 20.1 Å². The van der Waals surface area contributed by atoms with Gasteiger partial charge in [0.1, 0.15) is 0 Å². The van der Waals surface area contributed by atoms with Gasteiger partial charge in [0.2, 0.25) is 0 Å². The van der Waals surface area contributed by atoms with Crippen LogP contribution < -0.4 is 9.47 Å². The van der Waals surface area contributed by atoms with Crippen LogP contribution in [0.1, 0.15) is 143 Å². The van der Waals surface area contributed by atoms with Gasteiger partial charge in [-0.1, -0.05) is 89.9 Å². The Bertz CT molecular complexity index is 1050. The number of hydrogen-bond donors (Lipinski definition) is 0. The summed E-state index contributed by atoms with van der Waals surface area (Å²) in [6.07, 6.45) is 20.2. The van der Waals surface area contributed by atoms with Crippen LogP contribution in [0, 0.1) is 10.1 Å². The summed E-state index contributed by atoms with van der Waals surface area (Å²) in [4.78, 5) is 10.9. The lowest BCUT2D eigenvalue weighted by atomic mass is 10.1. The average molecular weight is 736 g/mol. The number of ether oxygens (including phenoxy) is 2. The zero-order valence-corrected chi connectivity index (χ0v) is 32.8. The summed E-state index contributed by atoms with van der Waals surface area (Å²) in [6.45, 7) is 10.0. The molecule has 0 saturated heterocycles. The molecule has 1 aromatic rings. The van der Waals surface area contributed by atoms with Crippen molar-refractivity contribution in [2.24, 2.45) is 0 Å². The van der Waals surface area contributed by atoms with Crippen LogP contribution in [0.25, 0.3) is 0 Å². The first kappa shape index (κ1) is 45.5. The molecule has 0 saturated carbocycles. The maximum absolute atomic E-state index is 12.5. The Morgan fingerprint density at radius 2 is 0.837 bits per heavy atom. The number of unbranched alkanes of at least 4 members (excludes halogenated alkanes) is 16. The van der Waals surface area contributed by atoms with Crippen molar-refractivity contribution in [1.82, 2.24) is 0 Å². The third-order valence-electron chi connectivity index (χ3n) is 8.11. The lowest BCUT2D eigenvalue weighted by Crippen LogP contribution is -2.03. The summed E-state index contributed by atoms with van der Waals surface area (Å²) >= 11 is 0. The Kier molecular flexibility index (Phi) is 27.1. The van der Waals surface area contributed by atoms with E-state index in [1.807, 2.05) is 27.7 Å². The highest BCUT2D eigenvalue weighted by Crippen LogP contribution is 2.49. The normalized spacial score (nSPS) is 12.0. The van der Waals surface area contributed by atoms with Crippen molar-refractivity contribution in [3.8, 4) is 11.5 Å². The minimum Gasteiger partial charge on any atom is -0.490 e. The molecular weight excluding hydrogens is 668 g/mol.